The monoisotopic (exact) mass is 348 g/mol. The summed E-state index contributed by atoms with van der Waals surface area (Å²) < 4.78 is 18.2. The van der Waals surface area contributed by atoms with E-state index in [0.717, 1.165) is 12.1 Å². The van der Waals surface area contributed by atoms with E-state index in [4.69, 9.17) is 0 Å². The molecule has 0 unspecified atom stereocenters. The Morgan fingerprint density at radius 3 is 2.70 bits per heavy atom. The van der Waals surface area contributed by atoms with E-state index in [0.29, 0.717) is 13.0 Å². The maximum atomic E-state index is 13.6. The third-order valence-electron chi connectivity index (χ3n) is 2.60. The quantitative estimate of drug-likeness (QED) is 0.449. The number of nitro groups is 1. The minimum absolute atomic E-state index is 0.00228. The van der Waals surface area contributed by atoms with E-state index < -0.39 is 16.7 Å². The average molecular weight is 349 g/mol. The summed E-state index contributed by atoms with van der Waals surface area (Å²) in [6, 6.07) is 2.13. The Morgan fingerprint density at radius 2 is 2.20 bits per heavy atom. The van der Waals surface area contributed by atoms with E-state index in [1.54, 1.807) is 0 Å². The number of rotatable bonds is 6. The number of nitrogens with zero attached hydrogens (tertiary/aromatic N) is 2. The van der Waals surface area contributed by atoms with Crippen LogP contribution in [-0.2, 0) is 9.53 Å². The fourth-order valence-corrected chi connectivity index (χ4v) is 2.03. The van der Waals surface area contributed by atoms with Gasteiger partial charge in [0.15, 0.2) is 0 Å². The van der Waals surface area contributed by atoms with Gasteiger partial charge in [0.05, 0.1) is 16.5 Å². The highest BCUT2D eigenvalue weighted by molar-refractivity contribution is 9.10. The standard InChI is InChI=1S/C12H14BrFN2O4/c1-3-4-15(7-12(17)20-2)10-6-9(14)8(13)5-11(10)16(18)19/h5-6H,3-4,7H2,1-2H3. The molecule has 0 amide bonds. The van der Waals surface area contributed by atoms with Crippen LogP contribution in [0.1, 0.15) is 13.3 Å². The molecule has 0 aromatic heterocycles. The van der Waals surface area contributed by atoms with Crippen molar-refractivity contribution in [1.82, 2.24) is 0 Å². The predicted octanol–water partition coefficient (Wildman–Crippen LogP) is 2.89. The number of hydrogen-bond acceptors (Lipinski definition) is 5. The zero-order valence-electron chi connectivity index (χ0n) is 11.1. The van der Waals surface area contributed by atoms with E-state index >= 15 is 0 Å². The molecular weight excluding hydrogens is 335 g/mol. The minimum atomic E-state index is -0.628. The molecule has 20 heavy (non-hydrogen) atoms. The summed E-state index contributed by atoms with van der Waals surface area (Å²) >= 11 is 2.91. The van der Waals surface area contributed by atoms with Crippen LogP contribution in [-0.4, -0.2) is 31.1 Å². The van der Waals surface area contributed by atoms with Crippen LogP contribution in [0, 0.1) is 15.9 Å². The molecule has 6 nitrogen and oxygen atoms in total. The van der Waals surface area contributed by atoms with Crippen molar-refractivity contribution in [1.29, 1.82) is 0 Å². The molecule has 110 valence electrons. The van der Waals surface area contributed by atoms with Crippen molar-refractivity contribution < 1.29 is 18.8 Å². The van der Waals surface area contributed by atoms with Gasteiger partial charge in [-0.15, -0.1) is 0 Å². The second-order valence-corrected chi connectivity index (χ2v) is 4.86. The summed E-state index contributed by atoms with van der Waals surface area (Å²) in [7, 11) is 1.23. The summed E-state index contributed by atoms with van der Waals surface area (Å²) in [4.78, 5) is 23.3. The smallest absolute Gasteiger partial charge is 0.325 e. The molecule has 0 saturated carbocycles. The van der Waals surface area contributed by atoms with Crippen molar-refractivity contribution in [2.45, 2.75) is 13.3 Å². The van der Waals surface area contributed by atoms with Crippen molar-refractivity contribution in [3.05, 3.63) is 32.5 Å². The Labute approximate surface area is 123 Å². The summed E-state index contributed by atoms with van der Waals surface area (Å²) in [5.41, 5.74) is -0.210. The molecule has 0 spiro atoms. The molecule has 0 aliphatic heterocycles. The summed E-state index contributed by atoms with van der Waals surface area (Å²) in [6.07, 6.45) is 0.645. The first kappa shape index (κ1) is 16.4. The number of nitro benzene ring substituents is 1. The van der Waals surface area contributed by atoms with Crippen LogP contribution in [0.4, 0.5) is 15.8 Å². The van der Waals surface area contributed by atoms with Crippen LogP contribution >= 0.6 is 15.9 Å². The first-order chi connectivity index (χ1) is 9.40. The molecule has 1 rings (SSSR count). The molecule has 0 heterocycles. The second-order valence-electron chi connectivity index (χ2n) is 4.01. The highest BCUT2D eigenvalue weighted by atomic mass is 79.9. The molecule has 0 saturated heterocycles. The zero-order chi connectivity index (χ0) is 15.3. The molecule has 1 aromatic carbocycles. The maximum Gasteiger partial charge on any atom is 0.325 e. The van der Waals surface area contributed by atoms with Gasteiger partial charge in [0.25, 0.3) is 5.69 Å². The van der Waals surface area contributed by atoms with Crippen molar-refractivity contribution in [3.8, 4) is 0 Å². The van der Waals surface area contributed by atoms with Gasteiger partial charge in [-0.3, -0.25) is 14.9 Å². The van der Waals surface area contributed by atoms with Crippen LogP contribution in [0.2, 0.25) is 0 Å². The highest BCUT2D eigenvalue weighted by Gasteiger charge is 2.23. The molecule has 8 heteroatoms. The van der Waals surface area contributed by atoms with Crippen LogP contribution in [0.25, 0.3) is 0 Å². The summed E-state index contributed by atoms with van der Waals surface area (Å²) in [5.74, 6) is -1.17. The minimum Gasteiger partial charge on any atom is -0.468 e. The number of ether oxygens (including phenoxy) is 1. The Kier molecular flexibility index (Phi) is 5.87. The molecule has 0 N–H and O–H groups in total. The van der Waals surface area contributed by atoms with Gasteiger partial charge in [-0.25, -0.2) is 4.39 Å². The van der Waals surface area contributed by atoms with Crippen LogP contribution in [0.3, 0.4) is 0 Å². The number of anilines is 1. The van der Waals surface area contributed by atoms with Gasteiger partial charge in [0, 0.05) is 18.7 Å². The van der Waals surface area contributed by atoms with E-state index in [-0.39, 0.29) is 22.4 Å². The lowest BCUT2D eigenvalue weighted by molar-refractivity contribution is -0.384. The number of carbonyl (C=O) groups is 1. The molecule has 0 aliphatic rings. The molecule has 0 atom stereocenters. The number of methoxy groups -OCH3 is 1. The van der Waals surface area contributed by atoms with E-state index in [9.17, 15) is 19.3 Å². The third kappa shape index (κ3) is 3.89. The molecule has 0 bridgehead atoms. The van der Waals surface area contributed by atoms with Gasteiger partial charge < -0.3 is 9.64 Å². The van der Waals surface area contributed by atoms with E-state index in [1.807, 2.05) is 6.92 Å². The van der Waals surface area contributed by atoms with Gasteiger partial charge in [-0.2, -0.15) is 0 Å². The number of carbonyl (C=O) groups excluding carboxylic acids is 1. The second kappa shape index (κ2) is 7.18. The lowest BCUT2D eigenvalue weighted by Crippen LogP contribution is -2.31. The molecule has 1 aromatic rings. The number of esters is 1. The SMILES string of the molecule is CCCN(CC(=O)OC)c1cc(F)c(Br)cc1[N+](=O)[O-]. The Morgan fingerprint density at radius 1 is 1.55 bits per heavy atom. The lowest BCUT2D eigenvalue weighted by atomic mass is 10.2. The number of hydrogen-bond donors (Lipinski definition) is 0. The fourth-order valence-electron chi connectivity index (χ4n) is 1.70. The summed E-state index contributed by atoms with van der Waals surface area (Å²) in [6.45, 7) is 2.05. The van der Waals surface area contributed by atoms with Gasteiger partial charge in [-0.1, -0.05) is 6.92 Å². The van der Waals surface area contributed by atoms with E-state index in [2.05, 4.69) is 20.7 Å². The van der Waals surface area contributed by atoms with Gasteiger partial charge in [-0.05, 0) is 22.4 Å². The zero-order valence-corrected chi connectivity index (χ0v) is 12.6. The van der Waals surface area contributed by atoms with Crippen molar-refractivity contribution >= 4 is 33.3 Å². The molecular formula is C12H14BrFN2O4. The Hall–Kier alpha value is -1.70. The Bertz CT molecular complexity index is 524. The van der Waals surface area contributed by atoms with Crippen LogP contribution in [0.15, 0.2) is 16.6 Å². The first-order valence-corrected chi connectivity index (χ1v) is 6.65. The van der Waals surface area contributed by atoms with Gasteiger partial charge in [0.1, 0.15) is 18.0 Å². The molecule has 0 radical (unpaired) electrons. The largest absolute Gasteiger partial charge is 0.468 e. The maximum absolute atomic E-state index is 13.6. The average Bonchev–Trinajstić information content (AvgIpc) is 2.40. The molecule has 0 fully saturated rings. The van der Waals surface area contributed by atoms with Gasteiger partial charge in [0.2, 0.25) is 0 Å². The number of benzene rings is 1. The first-order valence-electron chi connectivity index (χ1n) is 5.85. The van der Waals surface area contributed by atoms with Gasteiger partial charge >= 0.3 is 5.97 Å². The van der Waals surface area contributed by atoms with Crippen LogP contribution in [0.5, 0.6) is 0 Å². The third-order valence-corrected chi connectivity index (χ3v) is 3.20. The van der Waals surface area contributed by atoms with Crippen molar-refractivity contribution in [2.75, 3.05) is 25.1 Å². The fraction of sp³-hybridized carbons (Fsp3) is 0.417. The predicted molar refractivity (Wildman–Crippen MR) is 75.3 cm³/mol. The number of halogens is 2. The lowest BCUT2D eigenvalue weighted by Gasteiger charge is -2.22. The van der Waals surface area contributed by atoms with Crippen molar-refractivity contribution in [2.24, 2.45) is 0 Å². The summed E-state index contributed by atoms with van der Waals surface area (Å²) in [5, 5.41) is 11.1. The highest BCUT2D eigenvalue weighted by Crippen LogP contribution is 2.33. The van der Waals surface area contributed by atoms with Crippen LogP contribution < -0.4 is 4.90 Å². The Balaban J connectivity index is 3.26. The van der Waals surface area contributed by atoms with E-state index in [1.165, 1.54) is 12.0 Å². The normalized spacial score (nSPS) is 10.2. The topological polar surface area (TPSA) is 72.7 Å². The van der Waals surface area contributed by atoms with Crippen molar-refractivity contribution in [3.63, 3.8) is 0 Å². The molecule has 0 aliphatic carbocycles.